The minimum absolute atomic E-state index is 0.0871. The fourth-order valence-electron chi connectivity index (χ4n) is 4.47. The summed E-state index contributed by atoms with van der Waals surface area (Å²) in [6.45, 7) is 3.64. The van der Waals surface area contributed by atoms with Gasteiger partial charge in [-0.3, -0.25) is 19.2 Å². The molecule has 8 heteroatoms. The van der Waals surface area contributed by atoms with Crippen molar-refractivity contribution in [3.05, 3.63) is 58.1 Å². The van der Waals surface area contributed by atoms with Crippen LogP contribution in [0.15, 0.2) is 41.3 Å². The summed E-state index contributed by atoms with van der Waals surface area (Å²) in [5.74, 6) is -0.704. The predicted molar refractivity (Wildman–Crippen MR) is 119 cm³/mol. The number of hydrogen-bond donors (Lipinski definition) is 1. The van der Waals surface area contributed by atoms with E-state index < -0.39 is 10.0 Å². The molecule has 1 N–H and O–H groups in total. The Labute approximate surface area is 187 Å². The van der Waals surface area contributed by atoms with Gasteiger partial charge in [-0.1, -0.05) is 42.6 Å². The second-order valence-electron chi connectivity index (χ2n) is 8.43. The highest BCUT2D eigenvalue weighted by atomic mass is 35.5. The topological polar surface area (TPSA) is 83.6 Å². The van der Waals surface area contributed by atoms with Gasteiger partial charge in [0.15, 0.2) is 0 Å². The number of aryl methyl sites for hydroxylation is 2. The highest BCUT2D eigenvalue weighted by Gasteiger charge is 2.47. The standard InChI is InChI=1S/C23H25ClN2O4S/c1-14-8-10-17(12-20(14)24)25-31(29,30)21-11-16(9-7-15(21)2)13-26-22(27)18-5-3-4-6-19(18)23(26)28/h7-12,18-19,25H,3-6,13H2,1-2H3/t18-,19-/m1/s1. The molecule has 164 valence electrons. The molecule has 2 fully saturated rings. The lowest BCUT2D eigenvalue weighted by atomic mass is 9.81. The van der Waals surface area contributed by atoms with Crippen LogP contribution in [0.1, 0.15) is 42.4 Å². The van der Waals surface area contributed by atoms with Gasteiger partial charge >= 0.3 is 0 Å². The van der Waals surface area contributed by atoms with E-state index in [9.17, 15) is 18.0 Å². The summed E-state index contributed by atoms with van der Waals surface area (Å²) in [4.78, 5) is 26.9. The van der Waals surface area contributed by atoms with Crippen molar-refractivity contribution in [2.75, 3.05) is 4.72 Å². The number of nitrogens with zero attached hydrogens (tertiary/aromatic N) is 1. The van der Waals surface area contributed by atoms with Gasteiger partial charge in [-0.25, -0.2) is 8.42 Å². The van der Waals surface area contributed by atoms with E-state index in [1.807, 2.05) is 6.92 Å². The highest BCUT2D eigenvalue weighted by Crippen LogP contribution is 2.38. The first-order chi connectivity index (χ1) is 14.7. The van der Waals surface area contributed by atoms with Crippen molar-refractivity contribution in [1.82, 2.24) is 4.90 Å². The van der Waals surface area contributed by atoms with E-state index in [-0.39, 0.29) is 35.1 Å². The molecule has 2 aromatic carbocycles. The molecule has 0 unspecified atom stereocenters. The lowest BCUT2D eigenvalue weighted by Gasteiger charge is -2.19. The van der Waals surface area contributed by atoms with Crippen molar-refractivity contribution >= 4 is 39.1 Å². The molecule has 0 radical (unpaired) electrons. The predicted octanol–water partition coefficient (Wildman–Crippen LogP) is 4.43. The van der Waals surface area contributed by atoms with Crippen LogP contribution >= 0.6 is 11.6 Å². The smallest absolute Gasteiger partial charge is 0.262 e. The van der Waals surface area contributed by atoms with Crippen molar-refractivity contribution in [3.8, 4) is 0 Å². The number of rotatable bonds is 5. The molecule has 4 rings (SSSR count). The van der Waals surface area contributed by atoms with Gasteiger partial charge in [0.25, 0.3) is 10.0 Å². The van der Waals surface area contributed by atoms with Gasteiger partial charge in [-0.05, 0) is 61.6 Å². The number of sulfonamides is 1. The molecule has 0 bridgehead atoms. The van der Waals surface area contributed by atoms with Gasteiger partial charge in [-0.15, -0.1) is 0 Å². The molecule has 1 aliphatic heterocycles. The van der Waals surface area contributed by atoms with Gasteiger partial charge in [0.2, 0.25) is 11.8 Å². The Bertz CT molecular complexity index is 1140. The number of amides is 2. The van der Waals surface area contributed by atoms with Crippen LogP contribution in [0.3, 0.4) is 0 Å². The molecule has 1 saturated heterocycles. The molecule has 6 nitrogen and oxygen atoms in total. The molecule has 2 aliphatic rings. The zero-order valence-corrected chi connectivity index (χ0v) is 19.1. The minimum Gasteiger partial charge on any atom is -0.280 e. The summed E-state index contributed by atoms with van der Waals surface area (Å²) in [5, 5.41) is 0.471. The second-order valence-corrected chi connectivity index (χ2v) is 10.5. The van der Waals surface area contributed by atoms with E-state index in [0.29, 0.717) is 21.8 Å². The third-order valence-electron chi connectivity index (χ3n) is 6.24. The Hall–Kier alpha value is -2.38. The van der Waals surface area contributed by atoms with Crippen LogP contribution in [0.25, 0.3) is 0 Å². The average Bonchev–Trinajstić information content (AvgIpc) is 2.97. The lowest BCUT2D eigenvalue weighted by Crippen LogP contribution is -2.30. The number of nitrogens with one attached hydrogen (secondary N) is 1. The summed E-state index contributed by atoms with van der Waals surface area (Å²) in [6.07, 6.45) is 3.44. The first-order valence-electron chi connectivity index (χ1n) is 10.4. The molecule has 2 aromatic rings. The van der Waals surface area contributed by atoms with Crippen LogP contribution in [0.2, 0.25) is 5.02 Å². The average molecular weight is 461 g/mol. The highest BCUT2D eigenvalue weighted by molar-refractivity contribution is 7.92. The number of carbonyl (C=O) groups is 2. The van der Waals surface area contributed by atoms with Gasteiger partial charge in [0.05, 0.1) is 29.0 Å². The largest absolute Gasteiger partial charge is 0.280 e. The van der Waals surface area contributed by atoms with Crippen LogP contribution in [0.4, 0.5) is 5.69 Å². The van der Waals surface area contributed by atoms with Crippen LogP contribution < -0.4 is 4.72 Å². The SMILES string of the molecule is Cc1ccc(NS(=O)(=O)c2cc(CN3C(=O)[C@@H]4CCCC[C@H]4C3=O)ccc2C)cc1Cl. The first kappa shape index (κ1) is 21.8. The maximum atomic E-state index is 13.0. The molecule has 1 aliphatic carbocycles. The molecule has 1 saturated carbocycles. The number of imide groups is 1. The van der Waals surface area contributed by atoms with Gasteiger partial charge in [0.1, 0.15) is 0 Å². The van der Waals surface area contributed by atoms with Gasteiger partial charge < -0.3 is 0 Å². The quantitative estimate of drug-likeness (QED) is 0.669. The zero-order valence-electron chi connectivity index (χ0n) is 17.5. The number of halogens is 1. The van der Waals surface area contributed by atoms with Crippen molar-refractivity contribution < 1.29 is 18.0 Å². The zero-order chi connectivity index (χ0) is 22.3. The minimum atomic E-state index is -3.87. The summed E-state index contributed by atoms with van der Waals surface area (Å²) in [5.41, 5.74) is 2.40. The molecule has 0 aromatic heterocycles. The number of fused-ring (bicyclic) bond motifs is 1. The first-order valence-corrected chi connectivity index (χ1v) is 12.3. The van der Waals surface area contributed by atoms with E-state index in [2.05, 4.69) is 4.72 Å². The Morgan fingerprint density at radius 1 is 0.968 bits per heavy atom. The van der Waals surface area contributed by atoms with E-state index in [0.717, 1.165) is 31.2 Å². The van der Waals surface area contributed by atoms with Crippen molar-refractivity contribution in [2.24, 2.45) is 11.8 Å². The second kappa shape index (κ2) is 8.28. The molecule has 0 spiro atoms. The molecule has 31 heavy (non-hydrogen) atoms. The molecular formula is C23H25ClN2O4S. The fraction of sp³-hybridized carbons (Fsp3) is 0.391. The van der Waals surface area contributed by atoms with E-state index >= 15 is 0 Å². The Morgan fingerprint density at radius 2 is 1.58 bits per heavy atom. The molecule has 1 heterocycles. The normalized spacial score (nSPS) is 21.3. The van der Waals surface area contributed by atoms with Crippen LogP contribution in [-0.2, 0) is 26.2 Å². The molecule has 2 amide bonds. The van der Waals surface area contributed by atoms with Gasteiger partial charge in [-0.2, -0.15) is 0 Å². The van der Waals surface area contributed by atoms with Gasteiger partial charge in [0, 0.05) is 5.02 Å². The monoisotopic (exact) mass is 460 g/mol. The number of benzene rings is 2. The Kier molecular flexibility index (Phi) is 5.83. The lowest BCUT2D eigenvalue weighted by molar-refractivity contribution is -0.140. The number of carbonyl (C=O) groups excluding carboxylic acids is 2. The van der Waals surface area contributed by atoms with E-state index in [1.165, 1.54) is 11.0 Å². The molecule has 2 atom stereocenters. The Morgan fingerprint density at radius 3 is 2.19 bits per heavy atom. The fourth-order valence-corrected chi connectivity index (χ4v) is 5.99. The maximum absolute atomic E-state index is 13.0. The molecular weight excluding hydrogens is 436 g/mol. The summed E-state index contributed by atoms with van der Waals surface area (Å²) < 4.78 is 28.6. The van der Waals surface area contributed by atoms with Crippen molar-refractivity contribution in [1.29, 1.82) is 0 Å². The summed E-state index contributed by atoms with van der Waals surface area (Å²) >= 11 is 6.12. The third kappa shape index (κ3) is 4.21. The summed E-state index contributed by atoms with van der Waals surface area (Å²) in [6, 6.07) is 9.96. The Balaban J connectivity index is 1.59. The summed E-state index contributed by atoms with van der Waals surface area (Å²) in [7, 11) is -3.87. The number of anilines is 1. The van der Waals surface area contributed by atoms with Crippen LogP contribution in [0, 0.1) is 25.7 Å². The third-order valence-corrected chi connectivity index (χ3v) is 8.17. The van der Waals surface area contributed by atoms with Crippen molar-refractivity contribution in [2.45, 2.75) is 51.0 Å². The van der Waals surface area contributed by atoms with E-state index in [4.69, 9.17) is 11.6 Å². The maximum Gasteiger partial charge on any atom is 0.262 e. The van der Waals surface area contributed by atoms with Crippen LogP contribution in [-0.4, -0.2) is 25.1 Å². The number of likely N-dealkylation sites (tertiary alicyclic amines) is 1. The van der Waals surface area contributed by atoms with E-state index in [1.54, 1.807) is 37.3 Å². The van der Waals surface area contributed by atoms with Crippen molar-refractivity contribution in [3.63, 3.8) is 0 Å². The number of hydrogen-bond acceptors (Lipinski definition) is 4. The van der Waals surface area contributed by atoms with Crippen LogP contribution in [0.5, 0.6) is 0 Å².